The van der Waals surface area contributed by atoms with Crippen LogP contribution in [0, 0.1) is 0 Å². The van der Waals surface area contributed by atoms with Gasteiger partial charge in [0.15, 0.2) is 11.5 Å². The van der Waals surface area contributed by atoms with Gasteiger partial charge in [-0.05, 0) is 35.9 Å². The molecule has 1 atom stereocenters. The summed E-state index contributed by atoms with van der Waals surface area (Å²) in [5, 5.41) is 10.9. The fourth-order valence-electron chi connectivity index (χ4n) is 4.55. The van der Waals surface area contributed by atoms with Gasteiger partial charge in [0.25, 0.3) is 0 Å². The van der Waals surface area contributed by atoms with Crippen LogP contribution in [-0.2, 0) is 4.74 Å². The topological polar surface area (TPSA) is 71.5 Å². The molecule has 2 aliphatic rings. The van der Waals surface area contributed by atoms with Crippen molar-refractivity contribution in [1.29, 1.82) is 0 Å². The number of benzene rings is 3. The van der Waals surface area contributed by atoms with E-state index >= 15 is 0 Å². The molecule has 33 heavy (non-hydrogen) atoms. The third-order valence-electron chi connectivity index (χ3n) is 6.26. The molecule has 2 heterocycles. The summed E-state index contributed by atoms with van der Waals surface area (Å²) in [4.78, 5) is 16.6. The lowest BCUT2D eigenvalue weighted by Crippen LogP contribution is -2.48. The van der Waals surface area contributed by atoms with Crippen molar-refractivity contribution in [1.82, 2.24) is 4.90 Å². The van der Waals surface area contributed by atoms with Crippen molar-refractivity contribution < 1.29 is 24.1 Å². The van der Waals surface area contributed by atoms with Gasteiger partial charge in [0.2, 0.25) is 6.79 Å². The Morgan fingerprint density at radius 2 is 1.61 bits per heavy atom. The lowest BCUT2D eigenvalue weighted by molar-refractivity contribution is 0.0600. The Bertz CT molecular complexity index is 1130. The van der Waals surface area contributed by atoms with Crippen LogP contribution < -0.4 is 14.4 Å². The highest BCUT2D eigenvalue weighted by molar-refractivity contribution is 5.89. The summed E-state index contributed by atoms with van der Waals surface area (Å²) in [6, 6.07) is 21.0. The van der Waals surface area contributed by atoms with Crippen molar-refractivity contribution in [2.75, 3.05) is 45.0 Å². The average Bonchev–Trinajstić information content (AvgIpc) is 3.32. The number of hydrogen-bond donors (Lipinski definition) is 1. The summed E-state index contributed by atoms with van der Waals surface area (Å²) < 4.78 is 15.9. The minimum atomic E-state index is -0.375. The molecule has 1 unspecified atom stereocenters. The first-order valence-electron chi connectivity index (χ1n) is 11.0. The fraction of sp³-hybridized carbons (Fsp3) is 0.269. The summed E-state index contributed by atoms with van der Waals surface area (Å²) in [5.41, 5.74) is 3.43. The van der Waals surface area contributed by atoms with Crippen LogP contribution in [-0.4, -0.2) is 56.1 Å². The van der Waals surface area contributed by atoms with Crippen molar-refractivity contribution in [3.63, 3.8) is 0 Å². The van der Waals surface area contributed by atoms with Gasteiger partial charge in [-0.2, -0.15) is 0 Å². The molecule has 1 N–H and O–H groups in total. The van der Waals surface area contributed by atoms with Gasteiger partial charge in [-0.3, -0.25) is 4.90 Å². The summed E-state index contributed by atoms with van der Waals surface area (Å²) in [5.74, 6) is 0.958. The number of esters is 1. The molecule has 0 saturated carbocycles. The summed E-state index contributed by atoms with van der Waals surface area (Å²) in [7, 11) is 1.37. The second-order valence-electron chi connectivity index (χ2n) is 8.14. The molecule has 0 amide bonds. The summed E-state index contributed by atoms with van der Waals surface area (Å²) in [6.07, 6.45) is 0. The maximum Gasteiger partial charge on any atom is 0.337 e. The molecule has 0 radical (unpaired) electrons. The fourth-order valence-corrected chi connectivity index (χ4v) is 4.55. The molecule has 0 aromatic heterocycles. The number of carbonyl (C=O) groups is 1. The van der Waals surface area contributed by atoms with E-state index in [2.05, 4.69) is 34.1 Å². The Morgan fingerprint density at radius 3 is 2.27 bits per heavy atom. The number of ether oxygens (including phenoxy) is 3. The Kier molecular flexibility index (Phi) is 5.79. The molecule has 3 aromatic rings. The van der Waals surface area contributed by atoms with Crippen LogP contribution in [0.15, 0.2) is 66.7 Å². The van der Waals surface area contributed by atoms with Crippen molar-refractivity contribution in [2.45, 2.75) is 6.04 Å². The van der Waals surface area contributed by atoms with Crippen LogP contribution in [0.4, 0.5) is 5.69 Å². The zero-order chi connectivity index (χ0) is 22.8. The van der Waals surface area contributed by atoms with Crippen LogP contribution in [0.2, 0.25) is 0 Å². The van der Waals surface area contributed by atoms with Gasteiger partial charge in [0.1, 0.15) is 5.75 Å². The van der Waals surface area contributed by atoms with Crippen LogP contribution in [0.3, 0.4) is 0 Å². The number of nitrogens with zero attached hydrogens (tertiary/aromatic N) is 2. The second-order valence-corrected chi connectivity index (χ2v) is 8.14. The number of phenolic OH excluding ortho intramolecular Hbond substituents is 1. The molecule has 0 bridgehead atoms. The van der Waals surface area contributed by atoms with Crippen molar-refractivity contribution in [3.05, 3.63) is 83.4 Å². The van der Waals surface area contributed by atoms with E-state index in [-0.39, 0.29) is 24.6 Å². The number of anilines is 1. The number of phenols is 1. The molecule has 3 aromatic carbocycles. The van der Waals surface area contributed by atoms with Gasteiger partial charge in [0, 0.05) is 43.5 Å². The molecule has 7 heteroatoms. The number of carbonyl (C=O) groups excluding carboxylic acids is 1. The minimum absolute atomic E-state index is 0.145. The highest BCUT2D eigenvalue weighted by atomic mass is 16.7. The first-order chi connectivity index (χ1) is 16.1. The largest absolute Gasteiger partial charge is 0.507 e. The van der Waals surface area contributed by atoms with Gasteiger partial charge in [-0.1, -0.05) is 30.3 Å². The van der Waals surface area contributed by atoms with Crippen LogP contribution in [0.5, 0.6) is 17.2 Å². The first-order valence-corrected chi connectivity index (χ1v) is 11.0. The first kappa shape index (κ1) is 21.2. The number of para-hydroxylation sites is 1. The van der Waals surface area contributed by atoms with Gasteiger partial charge >= 0.3 is 5.97 Å². The normalized spacial score (nSPS) is 16.5. The highest BCUT2D eigenvalue weighted by Gasteiger charge is 2.30. The molecule has 1 fully saturated rings. The molecule has 0 spiro atoms. The SMILES string of the molecule is COC(=O)c1ccc(C(c2cc3c(cc2O)OCO3)N2CCN(c3ccccc3)CC2)cc1. The zero-order valence-corrected chi connectivity index (χ0v) is 18.4. The Labute approximate surface area is 192 Å². The Balaban J connectivity index is 1.47. The monoisotopic (exact) mass is 446 g/mol. The number of aromatic hydroxyl groups is 1. The zero-order valence-electron chi connectivity index (χ0n) is 18.4. The number of rotatable bonds is 5. The molecule has 7 nitrogen and oxygen atoms in total. The van der Waals surface area contributed by atoms with Gasteiger partial charge in [0.05, 0.1) is 18.7 Å². The number of hydrogen-bond acceptors (Lipinski definition) is 7. The standard InChI is InChI=1S/C26H26N2O5/c1-31-26(30)19-9-7-18(8-10-19)25(21-15-23-24(16-22(21)29)33-17-32-23)28-13-11-27(12-14-28)20-5-3-2-4-6-20/h2-10,15-16,25,29H,11-14,17H2,1H3. The van der Waals surface area contributed by atoms with E-state index < -0.39 is 0 Å². The van der Waals surface area contributed by atoms with Crippen LogP contribution in [0.1, 0.15) is 27.5 Å². The van der Waals surface area contributed by atoms with Crippen LogP contribution >= 0.6 is 0 Å². The molecule has 170 valence electrons. The minimum Gasteiger partial charge on any atom is -0.507 e. The van der Waals surface area contributed by atoms with Gasteiger partial charge in [-0.15, -0.1) is 0 Å². The van der Waals surface area contributed by atoms with E-state index in [1.165, 1.54) is 12.8 Å². The lowest BCUT2D eigenvalue weighted by atomic mass is 9.94. The number of fused-ring (bicyclic) bond motifs is 1. The molecular weight excluding hydrogens is 420 g/mol. The van der Waals surface area contributed by atoms with E-state index in [1.54, 1.807) is 18.2 Å². The maximum atomic E-state index is 11.9. The highest BCUT2D eigenvalue weighted by Crippen LogP contribution is 2.43. The van der Waals surface area contributed by atoms with E-state index in [4.69, 9.17) is 14.2 Å². The molecule has 0 aliphatic carbocycles. The van der Waals surface area contributed by atoms with E-state index in [9.17, 15) is 9.90 Å². The third kappa shape index (κ3) is 4.19. The second kappa shape index (κ2) is 9.03. The predicted octanol–water partition coefficient (Wildman–Crippen LogP) is 3.82. The average molecular weight is 447 g/mol. The van der Waals surface area contributed by atoms with Gasteiger partial charge in [-0.25, -0.2) is 4.79 Å². The predicted molar refractivity (Wildman–Crippen MR) is 124 cm³/mol. The Hall–Kier alpha value is -3.71. The van der Waals surface area contributed by atoms with E-state index in [0.29, 0.717) is 17.1 Å². The van der Waals surface area contributed by atoms with Gasteiger partial charge < -0.3 is 24.2 Å². The smallest absolute Gasteiger partial charge is 0.337 e. The van der Waals surface area contributed by atoms with E-state index in [1.807, 2.05) is 24.3 Å². The molecule has 1 saturated heterocycles. The third-order valence-corrected chi connectivity index (χ3v) is 6.26. The number of piperazine rings is 1. The molecule has 5 rings (SSSR count). The molecular formula is C26H26N2O5. The lowest BCUT2D eigenvalue weighted by Gasteiger charge is -2.40. The van der Waals surface area contributed by atoms with Crippen LogP contribution in [0.25, 0.3) is 0 Å². The van der Waals surface area contributed by atoms with Crippen molar-refractivity contribution >= 4 is 11.7 Å². The maximum absolute atomic E-state index is 11.9. The number of methoxy groups -OCH3 is 1. The van der Waals surface area contributed by atoms with Crippen molar-refractivity contribution in [3.8, 4) is 17.2 Å². The molecule has 2 aliphatic heterocycles. The van der Waals surface area contributed by atoms with Crippen molar-refractivity contribution in [2.24, 2.45) is 0 Å². The van der Waals surface area contributed by atoms with E-state index in [0.717, 1.165) is 37.3 Å². The summed E-state index contributed by atoms with van der Waals surface area (Å²) in [6.45, 7) is 3.50. The summed E-state index contributed by atoms with van der Waals surface area (Å²) >= 11 is 0. The Morgan fingerprint density at radius 1 is 0.939 bits per heavy atom. The quantitative estimate of drug-likeness (QED) is 0.598.